The van der Waals surface area contributed by atoms with Crippen molar-refractivity contribution < 1.29 is 8.42 Å². The van der Waals surface area contributed by atoms with Gasteiger partial charge in [-0.3, -0.25) is 4.72 Å². The predicted molar refractivity (Wildman–Crippen MR) is 87.8 cm³/mol. The van der Waals surface area contributed by atoms with Gasteiger partial charge >= 0.3 is 0 Å². The van der Waals surface area contributed by atoms with Crippen molar-refractivity contribution in [2.75, 3.05) is 23.7 Å². The summed E-state index contributed by atoms with van der Waals surface area (Å²) in [6.07, 6.45) is 0. The van der Waals surface area contributed by atoms with Crippen LogP contribution in [-0.4, -0.2) is 22.5 Å². The average molecular weight is 325 g/mol. The highest BCUT2D eigenvalue weighted by Crippen LogP contribution is 2.23. The van der Waals surface area contributed by atoms with Gasteiger partial charge in [-0.15, -0.1) is 0 Å². The van der Waals surface area contributed by atoms with Crippen LogP contribution in [0, 0.1) is 6.92 Å². The zero-order valence-electron chi connectivity index (χ0n) is 12.1. The van der Waals surface area contributed by atoms with Crippen molar-refractivity contribution in [3.8, 4) is 0 Å². The number of benzene rings is 2. The summed E-state index contributed by atoms with van der Waals surface area (Å²) in [5, 5.41) is 0.575. The molecule has 2 aromatic rings. The molecule has 0 fully saturated rings. The van der Waals surface area contributed by atoms with E-state index in [0.717, 1.165) is 11.3 Å². The molecular formula is C15H17ClN2O2S. The maximum absolute atomic E-state index is 12.4. The quantitative estimate of drug-likeness (QED) is 0.936. The number of rotatable bonds is 4. The van der Waals surface area contributed by atoms with E-state index in [1.807, 2.05) is 19.0 Å². The Morgan fingerprint density at radius 3 is 2.19 bits per heavy atom. The normalized spacial score (nSPS) is 11.2. The highest BCUT2D eigenvalue weighted by molar-refractivity contribution is 7.92. The molecule has 21 heavy (non-hydrogen) atoms. The number of anilines is 2. The second-order valence-electron chi connectivity index (χ2n) is 4.95. The lowest BCUT2D eigenvalue weighted by molar-refractivity contribution is 0.601. The minimum absolute atomic E-state index is 0.224. The SMILES string of the molecule is Cc1cc(Cl)ccc1NS(=O)(=O)c1ccc(N(C)C)cc1. The summed E-state index contributed by atoms with van der Waals surface area (Å²) < 4.78 is 27.3. The van der Waals surface area contributed by atoms with E-state index < -0.39 is 10.0 Å². The fraction of sp³-hybridized carbons (Fsp3) is 0.200. The fourth-order valence-corrected chi connectivity index (χ4v) is 3.23. The molecule has 0 radical (unpaired) electrons. The zero-order chi connectivity index (χ0) is 15.6. The largest absolute Gasteiger partial charge is 0.378 e. The first-order valence-corrected chi connectivity index (χ1v) is 8.22. The van der Waals surface area contributed by atoms with Crippen molar-refractivity contribution in [1.29, 1.82) is 0 Å². The number of hydrogen-bond donors (Lipinski definition) is 1. The highest BCUT2D eigenvalue weighted by Gasteiger charge is 2.15. The second-order valence-corrected chi connectivity index (χ2v) is 7.07. The van der Waals surface area contributed by atoms with E-state index in [4.69, 9.17) is 11.6 Å². The van der Waals surface area contributed by atoms with Crippen LogP contribution in [0.2, 0.25) is 5.02 Å². The Kier molecular flexibility index (Phi) is 4.44. The Morgan fingerprint density at radius 1 is 1.05 bits per heavy atom. The molecule has 0 aromatic heterocycles. The zero-order valence-corrected chi connectivity index (χ0v) is 13.7. The maximum Gasteiger partial charge on any atom is 0.261 e. The van der Waals surface area contributed by atoms with Gasteiger partial charge in [-0.1, -0.05) is 11.6 Å². The molecule has 0 atom stereocenters. The molecule has 2 aromatic carbocycles. The van der Waals surface area contributed by atoms with Crippen LogP contribution in [0.3, 0.4) is 0 Å². The Labute approximate surface area is 130 Å². The van der Waals surface area contributed by atoms with Crippen LogP contribution in [-0.2, 0) is 10.0 Å². The van der Waals surface area contributed by atoms with Gasteiger partial charge in [0.1, 0.15) is 0 Å². The summed E-state index contributed by atoms with van der Waals surface area (Å²) in [5.41, 5.74) is 2.24. The Morgan fingerprint density at radius 2 is 1.67 bits per heavy atom. The van der Waals surface area contributed by atoms with Crippen molar-refractivity contribution in [2.24, 2.45) is 0 Å². The minimum atomic E-state index is -3.60. The molecule has 4 nitrogen and oxygen atoms in total. The highest BCUT2D eigenvalue weighted by atomic mass is 35.5. The van der Waals surface area contributed by atoms with Crippen LogP contribution < -0.4 is 9.62 Å². The number of halogens is 1. The number of sulfonamides is 1. The van der Waals surface area contributed by atoms with E-state index in [-0.39, 0.29) is 4.90 Å². The molecule has 6 heteroatoms. The van der Waals surface area contributed by atoms with Crippen LogP contribution >= 0.6 is 11.6 Å². The summed E-state index contributed by atoms with van der Waals surface area (Å²) in [6.45, 7) is 1.80. The van der Waals surface area contributed by atoms with Crippen molar-refractivity contribution >= 4 is 33.0 Å². The number of aryl methyl sites for hydroxylation is 1. The first-order valence-electron chi connectivity index (χ1n) is 6.36. The summed E-state index contributed by atoms with van der Waals surface area (Å²) in [7, 11) is 0.200. The molecule has 2 rings (SSSR count). The second kappa shape index (κ2) is 5.95. The van der Waals surface area contributed by atoms with Gasteiger partial charge in [0, 0.05) is 24.8 Å². The monoisotopic (exact) mass is 324 g/mol. The molecule has 0 aliphatic rings. The van der Waals surface area contributed by atoms with Gasteiger partial charge in [0.2, 0.25) is 0 Å². The third-order valence-corrected chi connectivity index (χ3v) is 4.71. The van der Waals surface area contributed by atoms with E-state index in [1.165, 1.54) is 0 Å². The van der Waals surface area contributed by atoms with E-state index in [9.17, 15) is 8.42 Å². The van der Waals surface area contributed by atoms with Gasteiger partial charge in [-0.2, -0.15) is 0 Å². The minimum Gasteiger partial charge on any atom is -0.378 e. The summed E-state index contributed by atoms with van der Waals surface area (Å²) in [4.78, 5) is 2.13. The molecule has 0 saturated carbocycles. The summed E-state index contributed by atoms with van der Waals surface area (Å²) >= 11 is 5.87. The number of nitrogens with zero attached hydrogens (tertiary/aromatic N) is 1. The topological polar surface area (TPSA) is 49.4 Å². The van der Waals surface area contributed by atoms with Crippen molar-refractivity contribution in [3.63, 3.8) is 0 Å². The third-order valence-electron chi connectivity index (χ3n) is 3.10. The molecule has 0 spiro atoms. The molecule has 0 aliphatic heterocycles. The van der Waals surface area contributed by atoms with Gasteiger partial charge in [0.15, 0.2) is 0 Å². The predicted octanol–water partition coefficient (Wildman–Crippen LogP) is 3.52. The van der Waals surface area contributed by atoms with Gasteiger partial charge in [0.25, 0.3) is 10.0 Å². The summed E-state index contributed by atoms with van der Waals surface area (Å²) in [5.74, 6) is 0. The molecule has 0 aliphatic carbocycles. The Hall–Kier alpha value is -1.72. The van der Waals surface area contributed by atoms with Crippen LogP contribution in [0.4, 0.5) is 11.4 Å². The van der Waals surface area contributed by atoms with Crippen molar-refractivity contribution in [1.82, 2.24) is 0 Å². The Bertz CT molecular complexity index is 741. The van der Waals surface area contributed by atoms with E-state index >= 15 is 0 Å². The van der Waals surface area contributed by atoms with Crippen LogP contribution in [0.25, 0.3) is 0 Å². The van der Waals surface area contributed by atoms with Crippen LogP contribution in [0.5, 0.6) is 0 Å². The standard InChI is InChI=1S/C15H17ClN2O2S/c1-11-10-12(16)4-9-15(11)17-21(19,20)14-7-5-13(6-8-14)18(2)3/h4-10,17H,1-3H3. The molecule has 0 bridgehead atoms. The lowest BCUT2D eigenvalue weighted by atomic mass is 10.2. The number of hydrogen-bond acceptors (Lipinski definition) is 3. The molecule has 112 valence electrons. The summed E-state index contributed by atoms with van der Waals surface area (Å²) in [6, 6.07) is 11.7. The molecular weight excluding hydrogens is 308 g/mol. The lowest BCUT2D eigenvalue weighted by Gasteiger charge is -2.14. The van der Waals surface area contributed by atoms with Crippen LogP contribution in [0.15, 0.2) is 47.4 Å². The average Bonchev–Trinajstić information content (AvgIpc) is 2.42. The number of nitrogens with one attached hydrogen (secondary N) is 1. The van der Waals surface area contributed by atoms with Crippen molar-refractivity contribution in [2.45, 2.75) is 11.8 Å². The first-order chi connectivity index (χ1) is 9.79. The van der Waals surface area contributed by atoms with E-state index in [1.54, 1.807) is 49.4 Å². The Balaban J connectivity index is 2.29. The molecule has 0 unspecified atom stereocenters. The van der Waals surface area contributed by atoms with E-state index in [0.29, 0.717) is 10.7 Å². The molecule has 0 saturated heterocycles. The third kappa shape index (κ3) is 3.68. The maximum atomic E-state index is 12.4. The van der Waals surface area contributed by atoms with Crippen LogP contribution in [0.1, 0.15) is 5.56 Å². The van der Waals surface area contributed by atoms with E-state index in [2.05, 4.69) is 4.72 Å². The first kappa shape index (κ1) is 15.7. The van der Waals surface area contributed by atoms with Gasteiger partial charge in [-0.25, -0.2) is 8.42 Å². The fourth-order valence-electron chi connectivity index (χ4n) is 1.87. The lowest BCUT2D eigenvalue weighted by Crippen LogP contribution is -2.14. The molecule has 0 amide bonds. The van der Waals surface area contributed by atoms with Gasteiger partial charge < -0.3 is 4.90 Å². The smallest absolute Gasteiger partial charge is 0.261 e. The molecule has 0 heterocycles. The van der Waals surface area contributed by atoms with Gasteiger partial charge in [0.05, 0.1) is 10.6 Å². The van der Waals surface area contributed by atoms with Crippen molar-refractivity contribution in [3.05, 3.63) is 53.1 Å². The molecule has 1 N–H and O–H groups in total. The van der Waals surface area contributed by atoms with Gasteiger partial charge in [-0.05, 0) is 55.0 Å².